The first-order valence-electron chi connectivity index (χ1n) is 20.8. The predicted octanol–water partition coefficient (Wildman–Crippen LogP) is 12.2. The van der Waals surface area contributed by atoms with Gasteiger partial charge < -0.3 is 0 Å². The van der Waals surface area contributed by atoms with Crippen LogP contribution in [0.1, 0.15) is 44.1 Å². The fourth-order valence-corrected chi connectivity index (χ4v) is 13.0. The molecule has 0 amide bonds. The summed E-state index contributed by atoms with van der Waals surface area (Å²) in [6.07, 6.45) is 10.8. The average molecular weight is 725 g/mol. The van der Waals surface area contributed by atoms with Crippen LogP contribution in [0.15, 0.2) is 152 Å². The summed E-state index contributed by atoms with van der Waals surface area (Å²) in [5.74, 6) is 8.65. The number of aromatic nitrogens is 4. The first kappa shape index (κ1) is 32.5. The van der Waals surface area contributed by atoms with Gasteiger partial charge in [-0.15, -0.1) is 0 Å². The van der Waals surface area contributed by atoms with Crippen molar-refractivity contribution in [2.45, 2.75) is 43.9 Å². The van der Waals surface area contributed by atoms with Crippen molar-refractivity contribution in [2.24, 2.45) is 41.4 Å². The van der Waals surface area contributed by atoms with Crippen molar-refractivity contribution < 1.29 is 0 Å². The van der Waals surface area contributed by atoms with E-state index in [1.165, 1.54) is 44.1 Å². The molecule has 5 aromatic carbocycles. The maximum Gasteiger partial charge on any atom is 0.164 e. The molecule has 2 aromatic heterocycles. The van der Waals surface area contributed by atoms with E-state index in [1.54, 1.807) is 5.56 Å². The molecule has 7 saturated carbocycles. The van der Waals surface area contributed by atoms with Crippen molar-refractivity contribution in [1.29, 1.82) is 0 Å². The molecule has 0 saturated heterocycles. The lowest BCUT2D eigenvalue weighted by Crippen LogP contribution is -2.69. The first-order valence-corrected chi connectivity index (χ1v) is 20.8. The Hall–Kier alpha value is -5.74. The smallest absolute Gasteiger partial charge is 0.164 e. The van der Waals surface area contributed by atoms with Crippen molar-refractivity contribution in [3.63, 3.8) is 0 Å². The molecule has 14 rings (SSSR count). The van der Waals surface area contributed by atoms with Crippen LogP contribution in [0.2, 0.25) is 0 Å². The molecule has 7 aliphatic carbocycles. The third-order valence-electron chi connectivity index (χ3n) is 14.9. The molecule has 8 bridgehead atoms. The van der Waals surface area contributed by atoms with Gasteiger partial charge in [-0.1, -0.05) is 121 Å². The van der Waals surface area contributed by atoms with E-state index in [2.05, 4.69) is 103 Å². The summed E-state index contributed by atoms with van der Waals surface area (Å²) in [6, 6.07) is 52.0. The van der Waals surface area contributed by atoms with Crippen molar-refractivity contribution in [3.05, 3.63) is 157 Å². The highest BCUT2D eigenvalue weighted by Crippen LogP contribution is 2.76. The van der Waals surface area contributed by atoms with Crippen LogP contribution in [0, 0.1) is 41.4 Å². The zero-order valence-corrected chi connectivity index (χ0v) is 31.5. The Morgan fingerprint density at radius 3 is 1.57 bits per heavy atom. The number of hydrogen-bond donors (Lipinski definition) is 0. The van der Waals surface area contributed by atoms with Gasteiger partial charge in [0, 0.05) is 39.4 Å². The molecule has 56 heavy (non-hydrogen) atoms. The quantitative estimate of drug-likeness (QED) is 0.164. The van der Waals surface area contributed by atoms with Gasteiger partial charge in [0.15, 0.2) is 17.5 Å². The van der Waals surface area contributed by atoms with E-state index >= 15 is 0 Å². The van der Waals surface area contributed by atoms with E-state index in [4.69, 9.17) is 19.9 Å². The van der Waals surface area contributed by atoms with Crippen molar-refractivity contribution in [2.75, 3.05) is 0 Å². The van der Waals surface area contributed by atoms with Gasteiger partial charge in [0.05, 0.1) is 5.69 Å². The third-order valence-corrected chi connectivity index (χ3v) is 14.9. The molecule has 0 N–H and O–H groups in total. The maximum atomic E-state index is 5.17. The van der Waals surface area contributed by atoms with Crippen molar-refractivity contribution >= 4 is 0 Å². The summed E-state index contributed by atoms with van der Waals surface area (Å²) in [5.41, 5.74) is 11.5. The molecule has 0 spiro atoms. The number of nitrogens with zero attached hydrogens (tertiary/aromatic N) is 4. The Balaban J connectivity index is 1.01. The Morgan fingerprint density at radius 2 is 0.946 bits per heavy atom. The zero-order valence-electron chi connectivity index (χ0n) is 31.5. The fraction of sp³-hybridized carbons (Fsp3) is 0.269. The highest BCUT2D eigenvalue weighted by Gasteiger charge is 2.70. The van der Waals surface area contributed by atoms with Crippen LogP contribution in [0.25, 0.3) is 67.7 Å². The monoisotopic (exact) mass is 724 g/mol. The molecular weight excluding hydrogens is 681 g/mol. The third kappa shape index (κ3) is 5.04. The van der Waals surface area contributed by atoms with Crippen LogP contribution >= 0.6 is 0 Å². The number of hydrogen-bond acceptors (Lipinski definition) is 4. The number of pyridine rings is 1. The summed E-state index contributed by atoms with van der Waals surface area (Å²) in [5, 5.41) is 0. The molecule has 7 fully saturated rings. The van der Waals surface area contributed by atoms with Crippen molar-refractivity contribution in [3.8, 4) is 67.7 Å². The molecule has 0 aliphatic heterocycles. The van der Waals surface area contributed by atoms with Gasteiger partial charge in [0.2, 0.25) is 0 Å². The van der Waals surface area contributed by atoms with E-state index in [-0.39, 0.29) is 0 Å². The molecule has 4 unspecified atom stereocenters. The Morgan fingerprint density at radius 1 is 0.411 bits per heavy atom. The highest BCUT2D eigenvalue weighted by atomic mass is 15.0. The lowest BCUT2D eigenvalue weighted by atomic mass is 9.30. The largest absolute Gasteiger partial charge is 0.256 e. The van der Waals surface area contributed by atoms with Crippen LogP contribution in [-0.4, -0.2) is 19.9 Å². The maximum absolute atomic E-state index is 5.17. The van der Waals surface area contributed by atoms with E-state index in [0.29, 0.717) is 22.9 Å². The lowest BCUT2D eigenvalue weighted by Gasteiger charge is -2.74. The summed E-state index contributed by atoms with van der Waals surface area (Å²) in [6.45, 7) is 0. The van der Waals surface area contributed by atoms with E-state index in [9.17, 15) is 0 Å². The molecule has 4 atom stereocenters. The minimum Gasteiger partial charge on any atom is -0.256 e. The molecule has 4 nitrogen and oxygen atoms in total. The van der Waals surface area contributed by atoms with E-state index < -0.39 is 0 Å². The Bertz CT molecular complexity index is 2500. The molecule has 4 heteroatoms. The number of benzene rings is 5. The van der Waals surface area contributed by atoms with Gasteiger partial charge >= 0.3 is 0 Å². The van der Waals surface area contributed by atoms with Gasteiger partial charge in [-0.25, -0.2) is 15.0 Å². The molecule has 0 radical (unpaired) electrons. The Labute approximate surface area is 329 Å². The first-order chi connectivity index (χ1) is 27.7. The summed E-state index contributed by atoms with van der Waals surface area (Å²) >= 11 is 0. The summed E-state index contributed by atoms with van der Waals surface area (Å²) in [4.78, 5) is 20.3. The van der Waals surface area contributed by atoms with Crippen LogP contribution in [0.5, 0.6) is 0 Å². The van der Waals surface area contributed by atoms with Crippen LogP contribution < -0.4 is 0 Å². The molecule has 2 heterocycles. The second-order valence-electron chi connectivity index (χ2n) is 17.5. The fourth-order valence-electron chi connectivity index (χ4n) is 13.0. The predicted molar refractivity (Wildman–Crippen MR) is 224 cm³/mol. The summed E-state index contributed by atoms with van der Waals surface area (Å²) < 4.78 is 0. The standard InChI is InChI=1S/C52H44N4/c1-4-11-35(12-5-1)48-42(17-10-22-53-48)39-28-38(29-40(30-39)51-55-49(36-13-6-2-7-14-36)54-50(56-51)37-15-8-3-9-16-37)34-18-20-41(21-19-34)52-31-33-24-44-43-23-32(26-46(44)52)27-47(52)45(43)25-33/h1-22,28-30,32-33,43-47H,23-27,31H2. The van der Waals surface area contributed by atoms with Crippen molar-refractivity contribution in [1.82, 2.24) is 19.9 Å². The zero-order chi connectivity index (χ0) is 36.8. The van der Waals surface area contributed by atoms with Crippen LogP contribution in [0.3, 0.4) is 0 Å². The minimum absolute atomic E-state index is 0.391. The van der Waals surface area contributed by atoms with Gasteiger partial charge in [-0.3, -0.25) is 4.98 Å². The van der Waals surface area contributed by atoms with Crippen LogP contribution in [-0.2, 0) is 5.41 Å². The van der Waals surface area contributed by atoms with E-state index in [0.717, 1.165) is 86.1 Å². The second-order valence-corrected chi connectivity index (χ2v) is 17.5. The molecule has 272 valence electrons. The molecule has 7 aliphatic rings. The lowest BCUT2D eigenvalue weighted by molar-refractivity contribution is -0.220. The second kappa shape index (κ2) is 12.6. The molecule has 7 aromatic rings. The minimum atomic E-state index is 0.391. The van der Waals surface area contributed by atoms with Gasteiger partial charge in [-0.05, 0) is 126 Å². The average Bonchev–Trinajstić information content (AvgIpc) is 3.28. The Kier molecular flexibility index (Phi) is 7.34. The highest BCUT2D eigenvalue weighted by molar-refractivity contribution is 5.86. The van der Waals surface area contributed by atoms with E-state index in [1.807, 2.05) is 48.7 Å². The number of rotatable bonds is 7. The van der Waals surface area contributed by atoms with Gasteiger partial charge in [-0.2, -0.15) is 0 Å². The normalized spacial score (nSPS) is 27.8. The molecular formula is C52H44N4. The topological polar surface area (TPSA) is 51.6 Å². The van der Waals surface area contributed by atoms with Gasteiger partial charge in [0.1, 0.15) is 0 Å². The van der Waals surface area contributed by atoms with Gasteiger partial charge in [0.25, 0.3) is 0 Å². The van der Waals surface area contributed by atoms with Crippen LogP contribution in [0.4, 0.5) is 0 Å². The summed E-state index contributed by atoms with van der Waals surface area (Å²) in [7, 11) is 0. The SMILES string of the molecule is c1ccc(-c2nc(-c3ccccc3)nc(-c3cc(-c4ccc(C56CC7CC8C9CC(CC85)CC6C9C7)cc4)cc(-c4cccnc4-c4ccccc4)c3)n2)cc1.